The fraction of sp³-hybridized carbons (Fsp3) is 0.286. The number of rotatable bonds is 1. The highest BCUT2D eigenvalue weighted by molar-refractivity contribution is 7.17. The van der Waals surface area contributed by atoms with Crippen molar-refractivity contribution in [3.05, 3.63) is 35.3 Å². The number of fused-ring (bicyclic) bond motifs is 1. The number of thiophene rings is 1. The smallest absolute Gasteiger partial charge is 0.170 e. The second-order valence-corrected chi connectivity index (χ2v) is 6.58. The second-order valence-electron chi connectivity index (χ2n) is 5.63. The lowest BCUT2D eigenvalue weighted by Gasteiger charge is -2.20. The Kier molecular flexibility index (Phi) is 2.60. The van der Waals surface area contributed by atoms with E-state index >= 15 is 0 Å². The first-order valence-corrected chi connectivity index (χ1v) is 7.04. The average Bonchev–Trinajstić information content (AvgIpc) is 2.92. The molecule has 0 fully saturated rings. The summed E-state index contributed by atoms with van der Waals surface area (Å²) in [5.74, 6) is 0.498. The first-order chi connectivity index (χ1) is 8.97. The number of nitrogen functional groups attached to an aromatic ring is 1. The maximum Gasteiger partial charge on any atom is 0.170 e. The highest BCUT2D eigenvalue weighted by atomic mass is 32.1. The molecule has 0 bridgehead atoms. The molecule has 3 aromatic rings. The Hall–Kier alpha value is -1.88. The van der Waals surface area contributed by atoms with Crippen molar-refractivity contribution >= 4 is 27.2 Å². The fourth-order valence-corrected chi connectivity index (χ4v) is 3.03. The van der Waals surface area contributed by atoms with Crippen molar-refractivity contribution in [3.8, 4) is 5.69 Å². The van der Waals surface area contributed by atoms with Gasteiger partial charge in [0.05, 0.1) is 11.4 Å². The SMILES string of the molecule is CC(C)(C)c1c(N)nnn1-c1ccc2sccc2c1. The molecule has 98 valence electrons. The van der Waals surface area contributed by atoms with Gasteiger partial charge >= 0.3 is 0 Å². The molecule has 19 heavy (non-hydrogen) atoms. The molecule has 1 aromatic carbocycles. The van der Waals surface area contributed by atoms with Crippen molar-refractivity contribution in [1.82, 2.24) is 15.0 Å². The number of hydrogen-bond donors (Lipinski definition) is 1. The van der Waals surface area contributed by atoms with Crippen LogP contribution in [0.2, 0.25) is 0 Å². The third-order valence-corrected chi connectivity index (χ3v) is 3.99. The van der Waals surface area contributed by atoms with Crippen LogP contribution in [0.3, 0.4) is 0 Å². The molecule has 2 aromatic heterocycles. The third-order valence-electron chi connectivity index (χ3n) is 3.09. The summed E-state index contributed by atoms with van der Waals surface area (Å²) in [7, 11) is 0. The summed E-state index contributed by atoms with van der Waals surface area (Å²) < 4.78 is 3.11. The van der Waals surface area contributed by atoms with E-state index < -0.39 is 0 Å². The van der Waals surface area contributed by atoms with Gasteiger partial charge in [0.25, 0.3) is 0 Å². The molecule has 0 aliphatic heterocycles. The summed E-state index contributed by atoms with van der Waals surface area (Å²) in [6.07, 6.45) is 0. The predicted molar refractivity (Wildman–Crippen MR) is 79.9 cm³/mol. The average molecular weight is 272 g/mol. The maximum absolute atomic E-state index is 5.97. The number of aromatic nitrogens is 3. The Morgan fingerprint density at radius 3 is 2.74 bits per heavy atom. The molecule has 2 N–H and O–H groups in total. The molecule has 4 nitrogen and oxygen atoms in total. The van der Waals surface area contributed by atoms with Crippen LogP contribution in [-0.4, -0.2) is 15.0 Å². The fourth-order valence-electron chi connectivity index (χ4n) is 2.26. The van der Waals surface area contributed by atoms with Crippen molar-refractivity contribution in [3.63, 3.8) is 0 Å². The zero-order valence-electron chi connectivity index (χ0n) is 11.2. The number of benzene rings is 1. The monoisotopic (exact) mass is 272 g/mol. The molecule has 2 heterocycles. The van der Waals surface area contributed by atoms with Gasteiger partial charge in [0, 0.05) is 10.1 Å². The molecule has 0 saturated heterocycles. The summed E-state index contributed by atoms with van der Waals surface area (Å²) in [4.78, 5) is 0. The van der Waals surface area contributed by atoms with Crippen LogP contribution in [0.15, 0.2) is 29.6 Å². The highest BCUT2D eigenvalue weighted by Crippen LogP contribution is 2.30. The largest absolute Gasteiger partial charge is 0.381 e. The lowest BCUT2D eigenvalue weighted by atomic mass is 9.91. The Labute approximate surface area is 115 Å². The quantitative estimate of drug-likeness (QED) is 0.739. The number of nitrogens with two attached hydrogens (primary N) is 1. The van der Waals surface area contributed by atoms with Gasteiger partial charge in [-0.2, -0.15) is 0 Å². The molecule has 0 aliphatic rings. The second kappa shape index (κ2) is 4.06. The molecule has 0 spiro atoms. The van der Waals surface area contributed by atoms with Gasteiger partial charge in [0.1, 0.15) is 0 Å². The molecule has 0 saturated carbocycles. The van der Waals surface area contributed by atoms with E-state index in [4.69, 9.17) is 5.73 Å². The zero-order chi connectivity index (χ0) is 13.6. The molecule has 0 unspecified atom stereocenters. The van der Waals surface area contributed by atoms with Crippen LogP contribution in [0.4, 0.5) is 5.82 Å². The van der Waals surface area contributed by atoms with Crippen LogP contribution in [0.25, 0.3) is 15.8 Å². The van der Waals surface area contributed by atoms with Crippen molar-refractivity contribution in [2.45, 2.75) is 26.2 Å². The van der Waals surface area contributed by atoms with Crippen LogP contribution in [0.1, 0.15) is 26.5 Å². The number of hydrogen-bond acceptors (Lipinski definition) is 4. The lowest BCUT2D eigenvalue weighted by Crippen LogP contribution is -2.19. The van der Waals surface area contributed by atoms with E-state index in [-0.39, 0.29) is 5.41 Å². The Bertz CT molecular complexity index is 733. The molecule has 0 radical (unpaired) electrons. The number of anilines is 1. The normalized spacial score (nSPS) is 12.2. The van der Waals surface area contributed by atoms with Gasteiger partial charge in [-0.1, -0.05) is 26.0 Å². The lowest BCUT2D eigenvalue weighted by molar-refractivity contribution is 0.544. The molecule has 3 rings (SSSR count). The first-order valence-electron chi connectivity index (χ1n) is 6.16. The third kappa shape index (κ3) is 2.00. The molecule has 0 amide bonds. The van der Waals surface area contributed by atoms with Gasteiger partial charge < -0.3 is 5.73 Å². The summed E-state index contributed by atoms with van der Waals surface area (Å²) in [6, 6.07) is 8.40. The summed E-state index contributed by atoms with van der Waals surface area (Å²) >= 11 is 1.74. The van der Waals surface area contributed by atoms with Gasteiger partial charge in [-0.25, -0.2) is 4.68 Å². The van der Waals surface area contributed by atoms with E-state index in [0.717, 1.165) is 11.4 Å². The summed E-state index contributed by atoms with van der Waals surface area (Å²) in [5.41, 5.74) is 7.81. The van der Waals surface area contributed by atoms with E-state index in [9.17, 15) is 0 Å². The van der Waals surface area contributed by atoms with Crippen molar-refractivity contribution in [2.75, 3.05) is 5.73 Å². The minimum atomic E-state index is -0.100. The molecule has 5 heteroatoms. The minimum absolute atomic E-state index is 0.100. The summed E-state index contributed by atoms with van der Waals surface area (Å²) in [5, 5.41) is 11.5. The van der Waals surface area contributed by atoms with E-state index in [1.54, 1.807) is 11.3 Å². The van der Waals surface area contributed by atoms with E-state index in [1.807, 2.05) is 4.68 Å². The number of nitrogens with zero attached hydrogens (tertiary/aromatic N) is 3. The summed E-state index contributed by atoms with van der Waals surface area (Å²) in [6.45, 7) is 6.34. The van der Waals surface area contributed by atoms with Crippen LogP contribution in [-0.2, 0) is 5.41 Å². The Morgan fingerprint density at radius 1 is 1.21 bits per heavy atom. The van der Waals surface area contributed by atoms with Gasteiger partial charge in [-0.05, 0) is 35.0 Å². The highest BCUT2D eigenvalue weighted by Gasteiger charge is 2.24. The van der Waals surface area contributed by atoms with E-state index in [0.29, 0.717) is 5.82 Å². The van der Waals surface area contributed by atoms with Crippen LogP contribution in [0, 0.1) is 0 Å². The van der Waals surface area contributed by atoms with Gasteiger partial charge in [0.15, 0.2) is 5.82 Å². The van der Waals surface area contributed by atoms with Gasteiger partial charge in [-0.15, -0.1) is 16.4 Å². The van der Waals surface area contributed by atoms with Crippen molar-refractivity contribution in [1.29, 1.82) is 0 Å². The molecular formula is C14H16N4S. The Morgan fingerprint density at radius 2 is 2.00 bits per heavy atom. The standard InChI is InChI=1S/C14H16N4S/c1-14(2,3)12-13(15)16-17-18(12)10-4-5-11-9(8-10)6-7-19-11/h4-8H,15H2,1-3H3. The van der Waals surface area contributed by atoms with Crippen molar-refractivity contribution in [2.24, 2.45) is 0 Å². The first kappa shape index (κ1) is 12.2. The van der Waals surface area contributed by atoms with Crippen LogP contribution >= 0.6 is 11.3 Å². The van der Waals surface area contributed by atoms with Crippen LogP contribution < -0.4 is 5.73 Å². The van der Waals surface area contributed by atoms with E-state index in [1.165, 1.54) is 10.1 Å². The molecule has 0 atom stereocenters. The van der Waals surface area contributed by atoms with Gasteiger partial charge in [0.2, 0.25) is 0 Å². The maximum atomic E-state index is 5.97. The topological polar surface area (TPSA) is 56.7 Å². The minimum Gasteiger partial charge on any atom is -0.381 e. The predicted octanol–water partition coefficient (Wildman–Crippen LogP) is 3.36. The zero-order valence-corrected chi connectivity index (χ0v) is 12.0. The van der Waals surface area contributed by atoms with Crippen LogP contribution in [0.5, 0.6) is 0 Å². The Balaban J connectivity index is 2.21. The van der Waals surface area contributed by atoms with E-state index in [2.05, 4.69) is 60.7 Å². The van der Waals surface area contributed by atoms with Crippen molar-refractivity contribution < 1.29 is 0 Å². The molecule has 0 aliphatic carbocycles. The van der Waals surface area contributed by atoms with Gasteiger partial charge in [-0.3, -0.25) is 0 Å². The molecular weight excluding hydrogens is 256 g/mol.